The molecule has 0 aliphatic rings. The van der Waals surface area contributed by atoms with Gasteiger partial charge in [0.1, 0.15) is 15.4 Å². The number of sulfone groups is 1. The van der Waals surface area contributed by atoms with Gasteiger partial charge in [-0.3, -0.25) is 0 Å². The van der Waals surface area contributed by atoms with Crippen LogP contribution in [0.4, 0.5) is 4.79 Å². The second-order valence-electron chi connectivity index (χ2n) is 5.94. The fraction of sp³-hybridized carbons (Fsp3) is 0.917. The molecule has 0 fully saturated rings. The molecule has 0 aliphatic heterocycles. The first-order valence-electron chi connectivity index (χ1n) is 6.29. The highest BCUT2D eigenvalue weighted by molar-refractivity contribution is 7.90. The maximum Gasteiger partial charge on any atom is 0.407 e. The Labute approximate surface area is 116 Å². The maximum absolute atomic E-state index is 11.4. The van der Waals surface area contributed by atoms with Crippen molar-refractivity contribution >= 4 is 15.9 Å². The highest BCUT2D eigenvalue weighted by atomic mass is 32.2. The van der Waals surface area contributed by atoms with Crippen molar-refractivity contribution in [1.82, 2.24) is 10.6 Å². The fourth-order valence-corrected chi connectivity index (χ4v) is 2.60. The van der Waals surface area contributed by atoms with Crippen LogP contribution in [0.5, 0.6) is 0 Å². The SMILES string of the molecule is CC(CNC(=O)OC(C)(C)C)NC(C)CS(C)(=O)=O. The molecule has 0 spiro atoms. The molecular formula is C12H26N2O4S. The van der Waals surface area contributed by atoms with Crippen LogP contribution in [0.25, 0.3) is 0 Å². The number of carbonyl (C=O) groups excluding carboxylic acids is 1. The molecule has 0 rings (SSSR count). The molecule has 19 heavy (non-hydrogen) atoms. The van der Waals surface area contributed by atoms with Crippen LogP contribution in [0.2, 0.25) is 0 Å². The molecule has 0 aromatic heterocycles. The Kier molecular flexibility index (Phi) is 6.79. The lowest BCUT2D eigenvalue weighted by molar-refractivity contribution is 0.0522. The Morgan fingerprint density at radius 2 is 1.74 bits per heavy atom. The lowest BCUT2D eigenvalue weighted by Crippen LogP contribution is -2.45. The lowest BCUT2D eigenvalue weighted by atomic mass is 10.2. The van der Waals surface area contributed by atoms with E-state index in [0.29, 0.717) is 6.54 Å². The quantitative estimate of drug-likeness (QED) is 0.761. The Balaban J connectivity index is 3.99. The summed E-state index contributed by atoms with van der Waals surface area (Å²) in [5, 5.41) is 5.74. The number of ether oxygens (including phenoxy) is 1. The minimum Gasteiger partial charge on any atom is -0.444 e. The molecule has 0 heterocycles. The van der Waals surface area contributed by atoms with Gasteiger partial charge in [-0.2, -0.15) is 0 Å². The Bertz CT molecular complexity index is 387. The minimum atomic E-state index is -3.00. The summed E-state index contributed by atoms with van der Waals surface area (Å²) in [6.45, 7) is 9.43. The van der Waals surface area contributed by atoms with Crippen LogP contribution < -0.4 is 10.6 Å². The van der Waals surface area contributed by atoms with Gasteiger partial charge in [0, 0.05) is 24.9 Å². The smallest absolute Gasteiger partial charge is 0.407 e. The number of hydrogen-bond donors (Lipinski definition) is 2. The Morgan fingerprint density at radius 3 is 2.16 bits per heavy atom. The normalized spacial score (nSPS) is 15.7. The molecule has 2 atom stereocenters. The lowest BCUT2D eigenvalue weighted by Gasteiger charge is -2.22. The number of carbonyl (C=O) groups is 1. The van der Waals surface area contributed by atoms with Crippen molar-refractivity contribution in [3.63, 3.8) is 0 Å². The minimum absolute atomic E-state index is 0.0377. The topological polar surface area (TPSA) is 84.5 Å². The Hall–Kier alpha value is -0.820. The van der Waals surface area contributed by atoms with E-state index in [-0.39, 0.29) is 17.8 Å². The van der Waals surface area contributed by atoms with Crippen LogP contribution in [0.1, 0.15) is 34.6 Å². The van der Waals surface area contributed by atoms with E-state index >= 15 is 0 Å². The largest absolute Gasteiger partial charge is 0.444 e. The maximum atomic E-state index is 11.4. The van der Waals surface area contributed by atoms with Gasteiger partial charge in [-0.1, -0.05) is 0 Å². The van der Waals surface area contributed by atoms with Gasteiger partial charge in [-0.25, -0.2) is 13.2 Å². The Morgan fingerprint density at radius 1 is 1.21 bits per heavy atom. The molecule has 0 bridgehead atoms. The zero-order valence-electron chi connectivity index (χ0n) is 12.6. The highest BCUT2D eigenvalue weighted by Crippen LogP contribution is 2.06. The van der Waals surface area contributed by atoms with E-state index in [1.165, 1.54) is 6.26 Å². The average Bonchev–Trinajstić information content (AvgIpc) is 2.08. The van der Waals surface area contributed by atoms with Crippen LogP contribution in [-0.4, -0.2) is 50.7 Å². The fourth-order valence-electron chi connectivity index (χ4n) is 1.60. The van der Waals surface area contributed by atoms with E-state index in [4.69, 9.17) is 4.74 Å². The van der Waals surface area contributed by atoms with Crippen molar-refractivity contribution < 1.29 is 17.9 Å². The van der Waals surface area contributed by atoms with Gasteiger partial charge in [0.05, 0.1) is 5.75 Å². The molecule has 0 saturated carbocycles. The molecule has 0 aromatic rings. The predicted octanol–water partition coefficient (Wildman–Crippen LogP) is 0.922. The summed E-state index contributed by atoms with van der Waals surface area (Å²) in [7, 11) is -3.00. The number of hydrogen-bond acceptors (Lipinski definition) is 5. The second kappa shape index (κ2) is 7.09. The molecular weight excluding hydrogens is 268 g/mol. The van der Waals surface area contributed by atoms with Crippen LogP contribution >= 0.6 is 0 Å². The average molecular weight is 294 g/mol. The summed E-state index contributed by atoms with van der Waals surface area (Å²) in [5.74, 6) is 0.0732. The van der Waals surface area contributed by atoms with Crippen LogP contribution in [0.3, 0.4) is 0 Å². The third kappa shape index (κ3) is 12.0. The third-order valence-electron chi connectivity index (χ3n) is 2.07. The number of amides is 1. The van der Waals surface area contributed by atoms with Gasteiger partial charge in [0.2, 0.25) is 0 Å². The molecule has 114 valence electrons. The van der Waals surface area contributed by atoms with E-state index in [2.05, 4.69) is 10.6 Å². The van der Waals surface area contributed by atoms with Gasteiger partial charge in [0.25, 0.3) is 0 Å². The zero-order valence-corrected chi connectivity index (χ0v) is 13.4. The number of alkyl carbamates (subject to hydrolysis) is 1. The van der Waals surface area contributed by atoms with Crippen molar-refractivity contribution in [1.29, 1.82) is 0 Å². The summed E-state index contributed by atoms with van der Waals surface area (Å²) < 4.78 is 27.3. The van der Waals surface area contributed by atoms with Gasteiger partial charge in [-0.15, -0.1) is 0 Å². The van der Waals surface area contributed by atoms with E-state index in [9.17, 15) is 13.2 Å². The zero-order chi connectivity index (χ0) is 15.3. The van der Waals surface area contributed by atoms with Crippen molar-refractivity contribution in [2.24, 2.45) is 0 Å². The molecule has 6 nitrogen and oxygen atoms in total. The monoisotopic (exact) mass is 294 g/mol. The third-order valence-corrected chi connectivity index (χ3v) is 3.18. The molecule has 0 radical (unpaired) electrons. The molecule has 2 unspecified atom stereocenters. The van der Waals surface area contributed by atoms with Gasteiger partial charge >= 0.3 is 6.09 Å². The van der Waals surface area contributed by atoms with E-state index in [1.807, 2.05) is 6.92 Å². The van der Waals surface area contributed by atoms with Crippen molar-refractivity contribution in [3.05, 3.63) is 0 Å². The van der Waals surface area contributed by atoms with Gasteiger partial charge in [-0.05, 0) is 34.6 Å². The first-order chi connectivity index (χ1) is 8.39. The van der Waals surface area contributed by atoms with Crippen molar-refractivity contribution in [3.8, 4) is 0 Å². The summed E-state index contributed by atoms with van der Waals surface area (Å²) in [6, 6.07) is -0.199. The standard InChI is InChI=1S/C12H26N2O4S/c1-9(14-10(2)8-19(6,16)17)7-13-11(15)18-12(3,4)5/h9-10,14H,7-8H2,1-6H3,(H,13,15). The first kappa shape index (κ1) is 18.2. The second-order valence-corrected chi connectivity index (χ2v) is 8.13. The highest BCUT2D eigenvalue weighted by Gasteiger charge is 2.17. The van der Waals surface area contributed by atoms with E-state index in [0.717, 1.165) is 0 Å². The molecule has 7 heteroatoms. The van der Waals surface area contributed by atoms with Crippen LogP contribution in [0.15, 0.2) is 0 Å². The molecule has 1 amide bonds. The molecule has 0 aromatic carbocycles. The first-order valence-corrected chi connectivity index (χ1v) is 8.36. The molecule has 0 saturated heterocycles. The summed E-state index contributed by atoms with van der Waals surface area (Å²) in [4.78, 5) is 11.4. The number of nitrogens with one attached hydrogen (secondary N) is 2. The summed E-state index contributed by atoms with van der Waals surface area (Å²) in [5.41, 5.74) is -0.523. The predicted molar refractivity (Wildman–Crippen MR) is 76.0 cm³/mol. The van der Waals surface area contributed by atoms with E-state index < -0.39 is 21.5 Å². The summed E-state index contributed by atoms with van der Waals surface area (Å²) in [6.07, 6.45) is 0.728. The van der Waals surface area contributed by atoms with Crippen LogP contribution in [0, 0.1) is 0 Å². The van der Waals surface area contributed by atoms with Gasteiger partial charge in [0.15, 0.2) is 0 Å². The van der Waals surface area contributed by atoms with Crippen molar-refractivity contribution in [2.75, 3.05) is 18.6 Å². The molecule has 0 aliphatic carbocycles. The number of rotatable bonds is 6. The summed E-state index contributed by atoms with van der Waals surface area (Å²) >= 11 is 0. The van der Waals surface area contributed by atoms with E-state index in [1.54, 1.807) is 27.7 Å². The van der Waals surface area contributed by atoms with Crippen molar-refractivity contribution in [2.45, 2.75) is 52.3 Å². The van der Waals surface area contributed by atoms with Crippen LogP contribution in [-0.2, 0) is 14.6 Å². The molecule has 2 N–H and O–H groups in total. The van der Waals surface area contributed by atoms with Gasteiger partial charge < -0.3 is 15.4 Å².